The SMILES string of the molecule is Cc1c[c]c2ccoc2c1. The van der Waals surface area contributed by atoms with Crippen molar-refractivity contribution in [1.82, 2.24) is 0 Å². The second kappa shape index (κ2) is 1.87. The molecule has 0 aliphatic carbocycles. The van der Waals surface area contributed by atoms with Crippen molar-refractivity contribution < 1.29 is 4.42 Å². The molecule has 0 saturated heterocycles. The van der Waals surface area contributed by atoms with Crippen molar-refractivity contribution in [3.63, 3.8) is 0 Å². The number of hydrogen-bond donors (Lipinski definition) is 0. The van der Waals surface area contributed by atoms with Gasteiger partial charge >= 0.3 is 0 Å². The van der Waals surface area contributed by atoms with Crippen LogP contribution in [-0.4, -0.2) is 0 Å². The van der Waals surface area contributed by atoms with Gasteiger partial charge in [-0.1, -0.05) is 6.07 Å². The Morgan fingerprint density at radius 3 is 3.30 bits per heavy atom. The van der Waals surface area contributed by atoms with Gasteiger partial charge < -0.3 is 4.42 Å². The maximum atomic E-state index is 5.17. The lowest BCUT2D eigenvalue weighted by atomic mass is 10.2. The summed E-state index contributed by atoms with van der Waals surface area (Å²) in [5, 5.41) is 1.05. The minimum atomic E-state index is 0.917. The normalized spacial score (nSPS) is 10.5. The van der Waals surface area contributed by atoms with Crippen LogP contribution in [0, 0.1) is 13.0 Å². The summed E-state index contributed by atoms with van der Waals surface area (Å²) in [7, 11) is 0. The van der Waals surface area contributed by atoms with Gasteiger partial charge in [0.2, 0.25) is 0 Å². The first kappa shape index (κ1) is 5.54. The molecule has 0 amide bonds. The molecule has 2 aromatic rings. The maximum absolute atomic E-state index is 5.17. The first-order valence-corrected chi connectivity index (χ1v) is 3.22. The van der Waals surface area contributed by atoms with Gasteiger partial charge in [-0.25, -0.2) is 0 Å². The highest BCUT2D eigenvalue weighted by Gasteiger charge is 1.94. The Bertz CT molecular complexity index is 346. The highest BCUT2D eigenvalue weighted by molar-refractivity contribution is 5.76. The Hall–Kier alpha value is -1.24. The average molecular weight is 131 g/mol. The molecular weight excluding hydrogens is 124 g/mol. The van der Waals surface area contributed by atoms with Crippen LogP contribution >= 0.6 is 0 Å². The number of benzene rings is 1. The number of fused-ring (bicyclic) bond motifs is 1. The van der Waals surface area contributed by atoms with E-state index >= 15 is 0 Å². The summed E-state index contributed by atoms with van der Waals surface area (Å²) in [6, 6.07) is 8.98. The average Bonchev–Trinajstić information content (AvgIpc) is 2.33. The van der Waals surface area contributed by atoms with E-state index in [0.29, 0.717) is 0 Å². The van der Waals surface area contributed by atoms with Crippen molar-refractivity contribution in [3.8, 4) is 0 Å². The molecule has 10 heavy (non-hydrogen) atoms. The van der Waals surface area contributed by atoms with Crippen LogP contribution in [0.2, 0.25) is 0 Å². The molecule has 2 rings (SSSR count). The van der Waals surface area contributed by atoms with Crippen LogP contribution in [0.1, 0.15) is 5.56 Å². The van der Waals surface area contributed by atoms with Gasteiger partial charge in [0, 0.05) is 5.39 Å². The summed E-state index contributed by atoms with van der Waals surface area (Å²) >= 11 is 0. The number of rotatable bonds is 0. The van der Waals surface area contributed by atoms with Crippen LogP contribution in [-0.2, 0) is 0 Å². The third kappa shape index (κ3) is 0.711. The molecule has 1 nitrogen and oxygen atoms in total. The lowest BCUT2D eigenvalue weighted by Crippen LogP contribution is -1.68. The van der Waals surface area contributed by atoms with Gasteiger partial charge in [-0.05, 0) is 30.7 Å². The summed E-state index contributed by atoms with van der Waals surface area (Å²) < 4.78 is 5.17. The zero-order valence-corrected chi connectivity index (χ0v) is 5.72. The summed E-state index contributed by atoms with van der Waals surface area (Å²) in [5.74, 6) is 0. The predicted octanol–water partition coefficient (Wildman–Crippen LogP) is 2.54. The van der Waals surface area contributed by atoms with E-state index in [9.17, 15) is 0 Å². The van der Waals surface area contributed by atoms with Gasteiger partial charge in [0.1, 0.15) is 5.58 Å². The fraction of sp³-hybridized carbons (Fsp3) is 0.111. The zero-order valence-electron chi connectivity index (χ0n) is 5.72. The van der Waals surface area contributed by atoms with Crippen molar-refractivity contribution in [2.24, 2.45) is 0 Å². The number of hydrogen-bond acceptors (Lipinski definition) is 1. The van der Waals surface area contributed by atoms with Crippen molar-refractivity contribution in [3.05, 3.63) is 36.1 Å². The molecule has 1 heterocycles. The molecule has 0 unspecified atom stereocenters. The summed E-state index contributed by atoms with van der Waals surface area (Å²) in [6.07, 6.45) is 1.68. The largest absolute Gasteiger partial charge is 0.464 e. The van der Waals surface area contributed by atoms with Crippen LogP contribution in [0.15, 0.2) is 28.9 Å². The van der Waals surface area contributed by atoms with Gasteiger partial charge in [0.05, 0.1) is 6.26 Å². The van der Waals surface area contributed by atoms with E-state index in [1.54, 1.807) is 6.26 Å². The number of furan rings is 1. The highest BCUT2D eigenvalue weighted by atomic mass is 16.3. The fourth-order valence-electron chi connectivity index (χ4n) is 0.992. The van der Waals surface area contributed by atoms with E-state index in [2.05, 4.69) is 6.07 Å². The minimum Gasteiger partial charge on any atom is -0.464 e. The van der Waals surface area contributed by atoms with E-state index in [-0.39, 0.29) is 0 Å². The highest BCUT2D eigenvalue weighted by Crippen LogP contribution is 2.15. The van der Waals surface area contributed by atoms with Crippen LogP contribution in [0.5, 0.6) is 0 Å². The summed E-state index contributed by atoms with van der Waals surface area (Å²) in [6.45, 7) is 2.03. The fourth-order valence-corrected chi connectivity index (χ4v) is 0.992. The summed E-state index contributed by atoms with van der Waals surface area (Å²) in [5.41, 5.74) is 2.10. The Kier molecular flexibility index (Phi) is 1.04. The quantitative estimate of drug-likeness (QED) is 0.535. The molecule has 0 bridgehead atoms. The molecule has 0 saturated carbocycles. The van der Waals surface area contributed by atoms with E-state index in [4.69, 9.17) is 4.42 Å². The van der Waals surface area contributed by atoms with E-state index in [0.717, 1.165) is 11.0 Å². The molecule has 1 aromatic heterocycles. The second-order valence-corrected chi connectivity index (χ2v) is 2.38. The van der Waals surface area contributed by atoms with Crippen molar-refractivity contribution >= 4 is 11.0 Å². The predicted molar refractivity (Wildman–Crippen MR) is 39.8 cm³/mol. The van der Waals surface area contributed by atoms with Gasteiger partial charge in [0.15, 0.2) is 0 Å². The van der Waals surface area contributed by atoms with Crippen LogP contribution in [0.4, 0.5) is 0 Å². The van der Waals surface area contributed by atoms with Crippen LogP contribution < -0.4 is 0 Å². The Balaban J connectivity index is 2.86. The Morgan fingerprint density at radius 1 is 1.50 bits per heavy atom. The van der Waals surface area contributed by atoms with Gasteiger partial charge in [-0.3, -0.25) is 0 Å². The smallest absolute Gasteiger partial charge is 0.134 e. The molecule has 0 N–H and O–H groups in total. The van der Waals surface area contributed by atoms with E-state index in [1.165, 1.54) is 5.56 Å². The standard InChI is InChI=1S/C9H7O/c1-7-2-3-8-4-5-10-9(8)6-7/h2,4-6H,1H3. The third-order valence-electron chi connectivity index (χ3n) is 1.51. The first-order valence-electron chi connectivity index (χ1n) is 3.22. The molecule has 0 aliphatic heterocycles. The molecule has 49 valence electrons. The lowest BCUT2D eigenvalue weighted by molar-refractivity contribution is 0.615. The second-order valence-electron chi connectivity index (χ2n) is 2.38. The van der Waals surface area contributed by atoms with E-state index < -0.39 is 0 Å². The van der Waals surface area contributed by atoms with Gasteiger partial charge in [-0.2, -0.15) is 0 Å². The van der Waals surface area contributed by atoms with Crippen molar-refractivity contribution in [2.45, 2.75) is 6.92 Å². The lowest BCUT2D eigenvalue weighted by Gasteiger charge is -1.88. The Morgan fingerprint density at radius 2 is 2.40 bits per heavy atom. The van der Waals surface area contributed by atoms with Crippen molar-refractivity contribution in [1.29, 1.82) is 0 Å². The third-order valence-corrected chi connectivity index (χ3v) is 1.51. The number of aryl methyl sites for hydroxylation is 1. The molecular formula is C9H7O. The molecule has 0 aliphatic rings. The molecule has 1 aromatic carbocycles. The minimum absolute atomic E-state index is 0.917. The van der Waals surface area contributed by atoms with Crippen LogP contribution in [0.3, 0.4) is 0 Å². The Labute approximate surface area is 59.3 Å². The van der Waals surface area contributed by atoms with Crippen LogP contribution in [0.25, 0.3) is 11.0 Å². The van der Waals surface area contributed by atoms with Gasteiger partial charge in [0.25, 0.3) is 0 Å². The van der Waals surface area contributed by atoms with Gasteiger partial charge in [-0.15, -0.1) is 0 Å². The molecule has 0 fully saturated rings. The molecule has 1 radical (unpaired) electrons. The molecule has 0 atom stereocenters. The first-order chi connectivity index (χ1) is 4.86. The molecule has 1 heteroatoms. The maximum Gasteiger partial charge on any atom is 0.134 e. The zero-order chi connectivity index (χ0) is 6.97. The molecule has 0 spiro atoms. The monoisotopic (exact) mass is 131 g/mol. The van der Waals surface area contributed by atoms with Crippen molar-refractivity contribution in [2.75, 3.05) is 0 Å². The summed E-state index contributed by atoms with van der Waals surface area (Å²) in [4.78, 5) is 0. The van der Waals surface area contributed by atoms with E-state index in [1.807, 2.05) is 25.1 Å². The topological polar surface area (TPSA) is 13.1 Å².